The van der Waals surface area contributed by atoms with E-state index in [0.29, 0.717) is 10.7 Å². The first-order valence-electron chi connectivity index (χ1n) is 7.10. The highest BCUT2D eigenvalue weighted by Crippen LogP contribution is 2.19. The van der Waals surface area contributed by atoms with Gasteiger partial charge in [-0.05, 0) is 48.4 Å². The maximum atomic E-state index is 11.8. The van der Waals surface area contributed by atoms with E-state index in [0.717, 1.165) is 15.6 Å². The van der Waals surface area contributed by atoms with Crippen molar-refractivity contribution in [3.05, 3.63) is 69.2 Å². The number of rotatable bonds is 5. The van der Waals surface area contributed by atoms with Crippen molar-refractivity contribution in [3.63, 3.8) is 0 Å². The van der Waals surface area contributed by atoms with Crippen molar-refractivity contribution in [3.8, 4) is 0 Å². The van der Waals surface area contributed by atoms with E-state index in [9.17, 15) is 9.59 Å². The van der Waals surface area contributed by atoms with E-state index in [1.54, 1.807) is 24.3 Å². The van der Waals surface area contributed by atoms with E-state index in [2.05, 4.69) is 21.2 Å². The van der Waals surface area contributed by atoms with Gasteiger partial charge in [0.15, 0.2) is 6.61 Å². The largest absolute Gasteiger partial charge is 0.452 e. The fraction of sp³-hybridized carbons (Fsp3) is 0.111. The van der Waals surface area contributed by atoms with Crippen LogP contribution in [0.1, 0.15) is 11.1 Å². The molecule has 0 aliphatic carbocycles. The Morgan fingerprint density at radius 3 is 2.75 bits per heavy atom. The van der Waals surface area contributed by atoms with Crippen LogP contribution in [0.4, 0.5) is 5.69 Å². The standard InChI is InChI=1S/C18H15BrClNO3/c1-12-5-7-15(10-16(12)20)21-17(22)11-24-18(23)8-6-13-3-2-4-14(19)9-13/h2-10H,11H2,1H3,(H,21,22)/b8-6+. The first kappa shape index (κ1) is 18.2. The Hall–Kier alpha value is -2.11. The molecule has 1 amide bonds. The van der Waals surface area contributed by atoms with Crippen molar-refractivity contribution in [1.82, 2.24) is 0 Å². The number of ether oxygens (including phenoxy) is 1. The van der Waals surface area contributed by atoms with Gasteiger partial charge in [0.05, 0.1) is 0 Å². The molecule has 0 atom stereocenters. The molecule has 0 unspecified atom stereocenters. The molecule has 0 fully saturated rings. The van der Waals surface area contributed by atoms with Gasteiger partial charge in [0.2, 0.25) is 0 Å². The molecule has 2 aromatic rings. The summed E-state index contributed by atoms with van der Waals surface area (Å²) in [4.78, 5) is 23.4. The third-order valence-corrected chi connectivity index (χ3v) is 3.96. The molecule has 6 heteroatoms. The van der Waals surface area contributed by atoms with E-state index >= 15 is 0 Å². The Labute approximate surface area is 153 Å². The number of carbonyl (C=O) groups is 2. The first-order chi connectivity index (χ1) is 11.4. The van der Waals surface area contributed by atoms with Crippen LogP contribution in [0.5, 0.6) is 0 Å². The highest BCUT2D eigenvalue weighted by molar-refractivity contribution is 9.10. The lowest BCUT2D eigenvalue weighted by Gasteiger charge is -2.07. The average Bonchev–Trinajstić information content (AvgIpc) is 2.54. The Morgan fingerprint density at radius 1 is 1.25 bits per heavy atom. The number of carbonyl (C=O) groups excluding carboxylic acids is 2. The van der Waals surface area contributed by atoms with Crippen molar-refractivity contribution >= 4 is 51.2 Å². The molecule has 0 bridgehead atoms. The summed E-state index contributed by atoms with van der Waals surface area (Å²) in [6.07, 6.45) is 2.89. The number of hydrogen-bond acceptors (Lipinski definition) is 3. The number of benzene rings is 2. The molecule has 0 aromatic heterocycles. The fourth-order valence-corrected chi connectivity index (χ4v) is 2.42. The minimum Gasteiger partial charge on any atom is -0.452 e. The van der Waals surface area contributed by atoms with Crippen molar-refractivity contribution in [2.24, 2.45) is 0 Å². The Morgan fingerprint density at radius 2 is 2.04 bits per heavy atom. The van der Waals surface area contributed by atoms with Gasteiger partial charge in [-0.25, -0.2) is 4.79 Å². The lowest BCUT2D eigenvalue weighted by atomic mass is 10.2. The summed E-state index contributed by atoms with van der Waals surface area (Å²) in [5.74, 6) is -1.02. The van der Waals surface area contributed by atoms with Gasteiger partial charge in [-0.2, -0.15) is 0 Å². The van der Waals surface area contributed by atoms with Crippen LogP contribution >= 0.6 is 27.5 Å². The molecule has 0 aliphatic rings. The number of hydrogen-bond donors (Lipinski definition) is 1. The van der Waals surface area contributed by atoms with E-state index in [4.69, 9.17) is 16.3 Å². The second kappa shape index (κ2) is 8.66. The molecule has 0 heterocycles. The summed E-state index contributed by atoms with van der Waals surface area (Å²) in [7, 11) is 0. The molecule has 1 N–H and O–H groups in total. The summed E-state index contributed by atoms with van der Waals surface area (Å²) in [6.45, 7) is 1.50. The zero-order chi connectivity index (χ0) is 17.5. The highest BCUT2D eigenvalue weighted by Gasteiger charge is 2.06. The highest BCUT2D eigenvalue weighted by atomic mass is 79.9. The van der Waals surface area contributed by atoms with E-state index in [-0.39, 0.29) is 6.61 Å². The molecule has 124 valence electrons. The minimum atomic E-state index is -0.591. The van der Waals surface area contributed by atoms with Crippen LogP contribution in [0.15, 0.2) is 53.0 Å². The van der Waals surface area contributed by atoms with Gasteiger partial charge in [-0.3, -0.25) is 4.79 Å². The van der Waals surface area contributed by atoms with E-state index in [1.807, 2.05) is 31.2 Å². The van der Waals surface area contributed by atoms with Gasteiger partial charge < -0.3 is 10.1 Å². The second-order valence-electron chi connectivity index (χ2n) is 5.01. The van der Waals surface area contributed by atoms with Crippen LogP contribution in [-0.4, -0.2) is 18.5 Å². The van der Waals surface area contributed by atoms with Gasteiger partial charge in [0.25, 0.3) is 5.91 Å². The predicted molar refractivity (Wildman–Crippen MR) is 99.0 cm³/mol. The molecule has 0 spiro atoms. The number of amides is 1. The summed E-state index contributed by atoms with van der Waals surface area (Å²) < 4.78 is 5.81. The van der Waals surface area contributed by atoms with E-state index < -0.39 is 11.9 Å². The fourth-order valence-electron chi connectivity index (χ4n) is 1.83. The lowest BCUT2D eigenvalue weighted by Crippen LogP contribution is -2.20. The monoisotopic (exact) mass is 407 g/mol. The van der Waals surface area contributed by atoms with Crippen LogP contribution in [0, 0.1) is 6.92 Å². The Bertz CT molecular complexity index is 790. The van der Waals surface area contributed by atoms with Crippen LogP contribution in [-0.2, 0) is 14.3 Å². The lowest BCUT2D eigenvalue weighted by molar-refractivity contribution is -0.142. The normalized spacial score (nSPS) is 10.6. The maximum Gasteiger partial charge on any atom is 0.331 e. The van der Waals surface area contributed by atoms with Crippen molar-refractivity contribution < 1.29 is 14.3 Å². The van der Waals surface area contributed by atoms with Gasteiger partial charge in [-0.1, -0.05) is 45.7 Å². The molecule has 0 saturated heterocycles. The molecule has 0 aliphatic heterocycles. The van der Waals surface area contributed by atoms with Gasteiger partial charge >= 0.3 is 5.97 Å². The average molecular weight is 409 g/mol. The van der Waals surface area contributed by atoms with Crippen LogP contribution < -0.4 is 5.32 Å². The molecule has 2 rings (SSSR count). The second-order valence-corrected chi connectivity index (χ2v) is 6.33. The predicted octanol–water partition coefficient (Wildman–Crippen LogP) is 4.61. The summed E-state index contributed by atoms with van der Waals surface area (Å²) in [6, 6.07) is 12.6. The van der Waals surface area contributed by atoms with E-state index in [1.165, 1.54) is 6.08 Å². The van der Waals surface area contributed by atoms with Gasteiger partial charge in [0, 0.05) is 21.3 Å². The Kier molecular flexibility index (Phi) is 6.58. The topological polar surface area (TPSA) is 55.4 Å². The zero-order valence-corrected chi connectivity index (χ0v) is 15.2. The molecule has 24 heavy (non-hydrogen) atoms. The summed E-state index contributed by atoms with van der Waals surface area (Å²) in [5, 5.41) is 3.17. The number of halogens is 2. The van der Waals surface area contributed by atoms with Crippen molar-refractivity contribution in [2.75, 3.05) is 11.9 Å². The smallest absolute Gasteiger partial charge is 0.331 e. The van der Waals surface area contributed by atoms with Crippen molar-refractivity contribution in [2.45, 2.75) is 6.92 Å². The third-order valence-electron chi connectivity index (χ3n) is 3.06. The summed E-state index contributed by atoms with van der Waals surface area (Å²) >= 11 is 9.33. The molecular formula is C18H15BrClNO3. The van der Waals surface area contributed by atoms with Crippen LogP contribution in [0.3, 0.4) is 0 Å². The molecule has 0 radical (unpaired) electrons. The van der Waals surface area contributed by atoms with Gasteiger partial charge in [0.1, 0.15) is 0 Å². The number of anilines is 1. The summed E-state index contributed by atoms with van der Waals surface area (Å²) in [5.41, 5.74) is 2.31. The number of esters is 1. The van der Waals surface area contributed by atoms with Crippen LogP contribution in [0.25, 0.3) is 6.08 Å². The SMILES string of the molecule is Cc1ccc(NC(=O)COC(=O)/C=C/c2cccc(Br)c2)cc1Cl. The molecule has 4 nitrogen and oxygen atoms in total. The molecule has 2 aromatic carbocycles. The number of nitrogens with one attached hydrogen (secondary N) is 1. The maximum absolute atomic E-state index is 11.8. The number of aryl methyl sites for hydroxylation is 1. The molecule has 0 saturated carbocycles. The first-order valence-corrected chi connectivity index (χ1v) is 8.27. The van der Waals surface area contributed by atoms with Crippen LogP contribution in [0.2, 0.25) is 5.02 Å². The molecular weight excluding hydrogens is 394 g/mol. The van der Waals surface area contributed by atoms with Crippen molar-refractivity contribution in [1.29, 1.82) is 0 Å². The zero-order valence-electron chi connectivity index (χ0n) is 12.9. The quantitative estimate of drug-likeness (QED) is 0.581. The third kappa shape index (κ3) is 5.83. The Balaban J connectivity index is 1.82. The minimum absolute atomic E-state index is 0.368. The van der Waals surface area contributed by atoms with Gasteiger partial charge in [-0.15, -0.1) is 0 Å².